The molecule has 0 amide bonds. The summed E-state index contributed by atoms with van der Waals surface area (Å²) in [6.07, 6.45) is 6.58. The Morgan fingerprint density at radius 3 is 2.67 bits per heavy atom. The molecule has 222 valence electrons. The van der Waals surface area contributed by atoms with Gasteiger partial charge in [-0.2, -0.15) is 5.10 Å². The van der Waals surface area contributed by atoms with E-state index in [0.29, 0.717) is 23.2 Å². The number of rotatable bonds is 15. The minimum atomic E-state index is -1.55. The summed E-state index contributed by atoms with van der Waals surface area (Å²) in [6, 6.07) is 6.92. The number of methoxy groups -OCH3 is 1. The highest BCUT2D eigenvalue weighted by Gasteiger charge is 2.38. The van der Waals surface area contributed by atoms with Gasteiger partial charge in [-0.15, -0.1) is 0 Å². The number of nitrogens with one attached hydrogen (secondary N) is 1. The Morgan fingerprint density at radius 2 is 2.10 bits per heavy atom. The van der Waals surface area contributed by atoms with E-state index in [9.17, 15) is 4.79 Å². The van der Waals surface area contributed by atoms with Gasteiger partial charge in [-0.05, 0) is 49.2 Å². The zero-order chi connectivity index (χ0) is 29.3. The Morgan fingerprint density at radius 1 is 1.38 bits per heavy atom. The largest absolute Gasteiger partial charge is 0.436 e. The maximum atomic E-state index is 10.8. The van der Waals surface area contributed by atoms with Gasteiger partial charge in [0.15, 0.2) is 0 Å². The molecule has 3 N–H and O–H groups in total. The van der Waals surface area contributed by atoms with E-state index < -0.39 is 8.53 Å². The molecule has 2 aliphatic rings. The monoisotopic (exact) mass is 596 g/mol. The first kappa shape index (κ1) is 33.8. The van der Waals surface area contributed by atoms with E-state index in [1.54, 1.807) is 42.6 Å². The van der Waals surface area contributed by atoms with E-state index in [1.165, 1.54) is 19.2 Å². The third-order valence-corrected chi connectivity index (χ3v) is 7.72. The predicted molar refractivity (Wildman–Crippen MR) is 162 cm³/mol. The van der Waals surface area contributed by atoms with Crippen LogP contribution in [0, 0.1) is 11.8 Å². The second-order valence-corrected chi connectivity index (χ2v) is 11.0. The van der Waals surface area contributed by atoms with Gasteiger partial charge < -0.3 is 29.0 Å². The van der Waals surface area contributed by atoms with Crippen LogP contribution in [0.5, 0.6) is 5.75 Å². The topological polar surface area (TPSA) is 132 Å². The number of hydrazone groups is 1. The number of carbonyl (C=O) groups excluding carboxylic acids is 1. The lowest BCUT2D eigenvalue weighted by atomic mass is 9.99. The number of aliphatic imine (C=N–C) groups is 2. The number of amidine groups is 1. The molecular weight excluding hydrogens is 555 g/mol. The van der Waals surface area contributed by atoms with Crippen LogP contribution in [0.25, 0.3) is 0 Å². The number of benzene rings is 1. The van der Waals surface area contributed by atoms with Crippen molar-refractivity contribution in [2.45, 2.75) is 52.2 Å². The van der Waals surface area contributed by atoms with Crippen LogP contribution in [0.4, 0.5) is 0 Å². The fourth-order valence-electron chi connectivity index (χ4n) is 4.06. The average molecular weight is 597 g/mol. The van der Waals surface area contributed by atoms with Gasteiger partial charge in [0.25, 0.3) is 0 Å². The summed E-state index contributed by atoms with van der Waals surface area (Å²) in [5, 5.41) is 9.54. The molecule has 1 aromatic rings. The van der Waals surface area contributed by atoms with Crippen LogP contribution in [-0.4, -0.2) is 75.8 Å². The van der Waals surface area contributed by atoms with E-state index in [1.807, 2.05) is 0 Å². The van der Waals surface area contributed by atoms with E-state index in [4.69, 9.17) is 35.9 Å². The first-order valence-corrected chi connectivity index (χ1v) is 14.9. The normalized spacial score (nSPS) is 21.4. The van der Waals surface area contributed by atoms with Gasteiger partial charge in [-0.25, -0.2) is 10.1 Å². The molecular formula is C27H42ClN6O5P. The molecule has 2 aliphatic heterocycles. The standard InChI is InChI=1S/C20H26ClN6O4P.C7H16O/c1-14-9-17(30-20(14)18(10-23-2)27-11-19(22)24-13-25-27)12-29-32(26-7-8-28)31-16-5-3-15(21)4-6-16;1-4-7(5-2)6-8-3/h3-6,8,10,13-14,17,20,26H,2,7,9,11-12H2,1H3,(H2,22,24,25);7H,4-6H2,1-3H3/b18-10-;. The minimum absolute atomic E-state index is 0.109. The number of hydrogen-bond acceptors (Lipinski definition) is 11. The summed E-state index contributed by atoms with van der Waals surface area (Å²) in [7, 11) is 0.211. The summed E-state index contributed by atoms with van der Waals surface area (Å²) >= 11 is 5.92. The molecule has 4 unspecified atom stereocenters. The minimum Gasteiger partial charge on any atom is -0.436 e. The van der Waals surface area contributed by atoms with Crippen LogP contribution in [0.2, 0.25) is 5.02 Å². The molecule has 13 heteroatoms. The summed E-state index contributed by atoms with van der Waals surface area (Å²) in [5.74, 6) is 1.99. The molecule has 0 saturated carbocycles. The average Bonchev–Trinajstić information content (AvgIpc) is 3.33. The van der Waals surface area contributed by atoms with Crippen LogP contribution in [0.3, 0.4) is 0 Å². The molecule has 2 heterocycles. The first-order valence-electron chi connectivity index (χ1n) is 13.3. The van der Waals surface area contributed by atoms with Crippen molar-refractivity contribution in [3.8, 4) is 5.75 Å². The third kappa shape index (κ3) is 11.6. The highest BCUT2D eigenvalue weighted by molar-refractivity contribution is 7.45. The smallest absolute Gasteiger partial charge is 0.318 e. The first-order chi connectivity index (χ1) is 19.3. The van der Waals surface area contributed by atoms with E-state index >= 15 is 0 Å². The van der Waals surface area contributed by atoms with Gasteiger partial charge in [0.05, 0.1) is 31.5 Å². The van der Waals surface area contributed by atoms with E-state index in [2.05, 4.69) is 47.7 Å². The second-order valence-electron chi connectivity index (χ2n) is 9.30. The predicted octanol–water partition coefficient (Wildman–Crippen LogP) is 4.77. The summed E-state index contributed by atoms with van der Waals surface area (Å²) in [6.45, 7) is 11.7. The number of ether oxygens (including phenoxy) is 2. The molecule has 0 radical (unpaired) electrons. The number of halogens is 1. The van der Waals surface area contributed by atoms with E-state index in [-0.39, 0.29) is 31.3 Å². The van der Waals surface area contributed by atoms with Crippen LogP contribution < -0.4 is 15.3 Å². The maximum absolute atomic E-state index is 10.8. The molecule has 40 heavy (non-hydrogen) atoms. The van der Waals surface area contributed by atoms with Gasteiger partial charge in [0.1, 0.15) is 30.3 Å². The van der Waals surface area contributed by atoms with Crippen LogP contribution in [0.1, 0.15) is 40.0 Å². The fourth-order valence-corrected chi connectivity index (χ4v) is 5.23. The van der Waals surface area contributed by atoms with Crippen molar-refractivity contribution >= 4 is 45.3 Å². The highest BCUT2D eigenvalue weighted by Crippen LogP contribution is 2.38. The van der Waals surface area contributed by atoms with Crippen LogP contribution in [-0.2, 0) is 18.8 Å². The Hall–Kier alpha value is -2.40. The van der Waals surface area contributed by atoms with Gasteiger partial charge in [0.2, 0.25) is 0 Å². The maximum Gasteiger partial charge on any atom is 0.318 e. The lowest BCUT2D eigenvalue weighted by Crippen LogP contribution is -2.37. The Bertz CT molecular complexity index is 992. The molecule has 0 bridgehead atoms. The van der Waals surface area contributed by atoms with Crippen LogP contribution in [0.15, 0.2) is 51.2 Å². The van der Waals surface area contributed by atoms with Crippen molar-refractivity contribution in [1.82, 2.24) is 10.1 Å². The zero-order valence-electron chi connectivity index (χ0n) is 23.7. The van der Waals surface area contributed by atoms with Gasteiger partial charge in [-0.1, -0.05) is 45.2 Å². The zero-order valence-corrected chi connectivity index (χ0v) is 25.4. The van der Waals surface area contributed by atoms with Crippen LogP contribution >= 0.6 is 20.1 Å². The van der Waals surface area contributed by atoms with Gasteiger partial charge >= 0.3 is 8.53 Å². The molecule has 3 rings (SSSR count). The Balaban J connectivity index is 0.000000611. The third-order valence-electron chi connectivity index (χ3n) is 6.27. The molecule has 0 aliphatic carbocycles. The van der Waals surface area contributed by atoms with Crippen molar-refractivity contribution < 1.29 is 23.3 Å². The highest BCUT2D eigenvalue weighted by atomic mass is 35.5. The summed E-state index contributed by atoms with van der Waals surface area (Å²) in [4.78, 5) is 18.7. The molecule has 4 atom stereocenters. The number of aldehydes is 1. The van der Waals surface area contributed by atoms with E-state index in [0.717, 1.165) is 30.9 Å². The Labute approximate surface area is 243 Å². The van der Waals surface area contributed by atoms with Crippen molar-refractivity contribution in [2.24, 2.45) is 32.7 Å². The number of nitrogens with zero attached hydrogens (tertiary/aromatic N) is 4. The number of nitrogens with two attached hydrogens (primary N) is 1. The quantitative estimate of drug-likeness (QED) is 0.168. The fraction of sp³-hybridized carbons (Fsp3) is 0.556. The second kappa shape index (κ2) is 18.9. The molecule has 0 aromatic heterocycles. The summed E-state index contributed by atoms with van der Waals surface area (Å²) in [5.41, 5.74) is 6.60. The lowest BCUT2D eigenvalue weighted by Gasteiger charge is -2.28. The molecule has 1 aromatic carbocycles. The lowest BCUT2D eigenvalue weighted by molar-refractivity contribution is -0.106. The summed E-state index contributed by atoms with van der Waals surface area (Å²) < 4.78 is 23.0. The SMILES string of the molecule is C=N/C=C(/C1OC(COP(NCC=O)Oc2ccc(Cl)cc2)CC1C)N1CC(N)=NC=N1.CCC(CC)COC. The molecule has 1 saturated heterocycles. The molecule has 1 fully saturated rings. The number of carbonyl (C=O) groups is 1. The molecule has 11 nitrogen and oxygen atoms in total. The van der Waals surface area contributed by atoms with Gasteiger partial charge in [0, 0.05) is 24.9 Å². The molecule has 0 spiro atoms. The van der Waals surface area contributed by atoms with Crippen molar-refractivity contribution in [1.29, 1.82) is 0 Å². The Kier molecular flexibility index (Phi) is 15.9. The van der Waals surface area contributed by atoms with Gasteiger partial charge in [-0.3, -0.25) is 10.0 Å². The van der Waals surface area contributed by atoms with Crippen molar-refractivity contribution in [3.63, 3.8) is 0 Å². The van der Waals surface area contributed by atoms with Crippen molar-refractivity contribution in [2.75, 3.05) is 33.4 Å². The van der Waals surface area contributed by atoms with Crippen molar-refractivity contribution in [3.05, 3.63) is 41.2 Å². The number of hydrogen-bond donors (Lipinski definition) is 2.